The Morgan fingerprint density at radius 2 is 2.26 bits per heavy atom. The maximum absolute atomic E-state index is 6.08. The molecule has 1 saturated heterocycles. The van der Waals surface area contributed by atoms with Gasteiger partial charge in [-0.3, -0.25) is 4.98 Å². The van der Waals surface area contributed by atoms with Gasteiger partial charge in [0.15, 0.2) is 0 Å². The molecule has 0 aromatic carbocycles. The summed E-state index contributed by atoms with van der Waals surface area (Å²) >= 11 is 0. The van der Waals surface area contributed by atoms with E-state index in [2.05, 4.69) is 23.3 Å². The van der Waals surface area contributed by atoms with Gasteiger partial charge in [0.25, 0.3) is 0 Å². The molecule has 0 radical (unpaired) electrons. The monoisotopic (exact) mass is 260 g/mol. The number of ether oxygens (including phenoxy) is 1. The normalized spacial score (nSPS) is 25.8. The van der Waals surface area contributed by atoms with Gasteiger partial charge in [-0.15, -0.1) is 0 Å². The van der Waals surface area contributed by atoms with Gasteiger partial charge in [-0.1, -0.05) is 18.9 Å². The van der Waals surface area contributed by atoms with E-state index < -0.39 is 0 Å². The maximum atomic E-state index is 6.08. The van der Waals surface area contributed by atoms with Crippen LogP contribution in [0.1, 0.15) is 49.8 Å². The largest absolute Gasteiger partial charge is 0.375 e. The first-order chi connectivity index (χ1) is 9.27. The van der Waals surface area contributed by atoms with Crippen LogP contribution in [0.25, 0.3) is 0 Å². The summed E-state index contributed by atoms with van der Waals surface area (Å²) in [6.45, 7) is 3.93. The average molecular weight is 260 g/mol. The highest BCUT2D eigenvalue weighted by Gasteiger charge is 2.39. The number of nitrogens with one attached hydrogen (secondary N) is 1. The number of hydrogen-bond acceptors (Lipinski definition) is 3. The Kier molecular flexibility index (Phi) is 3.85. The van der Waals surface area contributed by atoms with Gasteiger partial charge >= 0.3 is 0 Å². The van der Waals surface area contributed by atoms with Crippen LogP contribution in [0.5, 0.6) is 0 Å². The molecule has 1 spiro atoms. The van der Waals surface area contributed by atoms with E-state index in [1.165, 1.54) is 43.4 Å². The number of aromatic nitrogens is 1. The number of aryl methyl sites for hydroxylation is 1. The van der Waals surface area contributed by atoms with E-state index in [0.717, 1.165) is 19.6 Å². The van der Waals surface area contributed by atoms with Gasteiger partial charge in [-0.2, -0.15) is 0 Å². The molecule has 1 saturated carbocycles. The third-order valence-electron chi connectivity index (χ3n) is 4.68. The molecule has 3 heteroatoms. The molecule has 2 aliphatic rings. The van der Waals surface area contributed by atoms with Crippen LogP contribution in [0.15, 0.2) is 18.3 Å². The third-order valence-corrected chi connectivity index (χ3v) is 4.68. The van der Waals surface area contributed by atoms with Crippen LogP contribution < -0.4 is 5.32 Å². The second-order valence-electron chi connectivity index (χ2n) is 6.08. The fourth-order valence-corrected chi connectivity index (χ4v) is 3.51. The minimum atomic E-state index is 0.203. The molecule has 1 atom stereocenters. The lowest BCUT2D eigenvalue weighted by atomic mass is 9.89. The first kappa shape index (κ1) is 13.1. The molecule has 1 unspecified atom stereocenters. The molecule has 0 bridgehead atoms. The Morgan fingerprint density at radius 3 is 3.05 bits per heavy atom. The SMILES string of the molecule is Cc1cccnc1CNC1CCOC2(CCCC2)C1. The van der Waals surface area contributed by atoms with E-state index in [-0.39, 0.29) is 5.60 Å². The predicted molar refractivity (Wildman–Crippen MR) is 76.0 cm³/mol. The Bertz CT molecular complexity index is 427. The Balaban J connectivity index is 1.57. The molecule has 3 nitrogen and oxygen atoms in total. The summed E-state index contributed by atoms with van der Waals surface area (Å²) in [7, 11) is 0. The van der Waals surface area contributed by atoms with Crippen molar-refractivity contribution in [2.24, 2.45) is 0 Å². The van der Waals surface area contributed by atoms with Crippen molar-refractivity contribution in [1.29, 1.82) is 0 Å². The minimum absolute atomic E-state index is 0.203. The summed E-state index contributed by atoms with van der Waals surface area (Å²) in [5, 5.41) is 3.69. The molecule has 0 amide bonds. The Labute approximate surface area is 115 Å². The van der Waals surface area contributed by atoms with Crippen molar-refractivity contribution in [2.75, 3.05) is 6.61 Å². The maximum Gasteiger partial charge on any atom is 0.0697 e. The van der Waals surface area contributed by atoms with Gasteiger partial charge in [-0.25, -0.2) is 0 Å². The van der Waals surface area contributed by atoms with Crippen LogP contribution in [0, 0.1) is 6.92 Å². The van der Waals surface area contributed by atoms with E-state index in [1.54, 1.807) is 0 Å². The van der Waals surface area contributed by atoms with Crippen LogP contribution in [-0.4, -0.2) is 23.2 Å². The minimum Gasteiger partial charge on any atom is -0.375 e. The molecule has 2 heterocycles. The molecular formula is C16H24N2O. The predicted octanol–water partition coefficient (Wildman–Crippen LogP) is 2.97. The topological polar surface area (TPSA) is 34.2 Å². The molecule has 1 N–H and O–H groups in total. The first-order valence-electron chi connectivity index (χ1n) is 7.55. The second-order valence-corrected chi connectivity index (χ2v) is 6.08. The summed E-state index contributed by atoms with van der Waals surface area (Å²) < 4.78 is 6.08. The van der Waals surface area contributed by atoms with Crippen LogP contribution >= 0.6 is 0 Å². The van der Waals surface area contributed by atoms with Crippen molar-refractivity contribution in [2.45, 2.75) is 63.6 Å². The zero-order valence-electron chi connectivity index (χ0n) is 11.8. The average Bonchev–Trinajstić information content (AvgIpc) is 2.86. The van der Waals surface area contributed by atoms with Crippen molar-refractivity contribution in [1.82, 2.24) is 10.3 Å². The van der Waals surface area contributed by atoms with Gasteiger partial charge in [-0.05, 0) is 44.2 Å². The van der Waals surface area contributed by atoms with Crippen LogP contribution in [0.2, 0.25) is 0 Å². The number of pyridine rings is 1. The fraction of sp³-hybridized carbons (Fsp3) is 0.688. The van der Waals surface area contributed by atoms with Crippen molar-refractivity contribution in [3.63, 3.8) is 0 Å². The van der Waals surface area contributed by atoms with Crippen LogP contribution in [-0.2, 0) is 11.3 Å². The van der Waals surface area contributed by atoms with Gasteiger partial charge in [0.1, 0.15) is 0 Å². The highest BCUT2D eigenvalue weighted by atomic mass is 16.5. The quantitative estimate of drug-likeness (QED) is 0.907. The summed E-state index contributed by atoms with van der Waals surface area (Å²) in [6, 6.07) is 4.72. The molecular weight excluding hydrogens is 236 g/mol. The number of rotatable bonds is 3. The molecule has 104 valence electrons. The smallest absolute Gasteiger partial charge is 0.0697 e. The van der Waals surface area contributed by atoms with Gasteiger partial charge < -0.3 is 10.1 Å². The summed E-state index contributed by atoms with van der Waals surface area (Å²) in [5.41, 5.74) is 2.65. The molecule has 3 rings (SSSR count). The lowest BCUT2D eigenvalue weighted by Crippen LogP contribution is -2.45. The van der Waals surface area contributed by atoms with Gasteiger partial charge in [0, 0.05) is 25.4 Å². The van der Waals surface area contributed by atoms with Crippen molar-refractivity contribution >= 4 is 0 Å². The molecule has 1 aromatic rings. The molecule has 19 heavy (non-hydrogen) atoms. The fourth-order valence-electron chi connectivity index (χ4n) is 3.51. The van der Waals surface area contributed by atoms with E-state index in [4.69, 9.17) is 4.74 Å². The highest BCUT2D eigenvalue weighted by molar-refractivity contribution is 5.17. The van der Waals surface area contributed by atoms with Crippen molar-refractivity contribution in [3.05, 3.63) is 29.6 Å². The summed E-state index contributed by atoms with van der Waals surface area (Å²) in [4.78, 5) is 4.46. The molecule has 2 fully saturated rings. The van der Waals surface area contributed by atoms with E-state index >= 15 is 0 Å². The Morgan fingerprint density at radius 1 is 1.42 bits per heavy atom. The van der Waals surface area contributed by atoms with Gasteiger partial charge in [0.05, 0.1) is 11.3 Å². The Hall–Kier alpha value is -0.930. The summed E-state index contributed by atoms with van der Waals surface area (Å²) in [6.07, 6.45) is 9.39. The van der Waals surface area contributed by atoms with Crippen LogP contribution in [0.4, 0.5) is 0 Å². The summed E-state index contributed by atoms with van der Waals surface area (Å²) in [5.74, 6) is 0. The van der Waals surface area contributed by atoms with Crippen molar-refractivity contribution in [3.8, 4) is 0 Å². The zero-order chi connectivity index (χ0) is 13.1. The lowest BCUT2D eigenvalue weighted by molar-refractivity contribution is -0.0838. The number of hydrogen-bond donors (Lipinski definition) is 1. The second kappa shape index (κ2) is 5.59. The van der Waals surface area contributed by atoms with Crippen LogP contribution in [0.3, 0.4) is 0 Å². The van der Waals surface area contributed by atoms with E-state index in [9.17, 15) is 0 Å². The van der Waals surface area contributed by atoms with Crippen molar-refractivity contribution < 1.29 is 4.74 Å². The lowest BCUT2D eigenvalue weighted by Gasteiger charge is -2.38. The van der Waals surface area contributed by atoms with E-state index in [1.807, 2.05) is 12.3 Å². The molecule has 1 aromatic heterocycles. The standard InChI is InChI=1S/C16H24N2O/c1-13-5-4-9-17-15(13)12-18-14-6-10-19-16(11-14)7-2-3-8-16/h4-5,9,14,18H,2-3,6-8,10-12H2,1H3. The third kappa shape index (κ3) is 2.98. The number of nitrogens with zero attached hydrogens (tertiary/aromatic N) is 1. The highest BCUT2D eigenvalue weighted by Crippen LogP contribution is 2.39. The first-order valence-corrected chi connectivity index (χ1v) is 7.55. The van der Waals surface area contributed by atoms with E-state index in [0.29, 0.717) is 6.04 Å². The molecule has 1 aliphatic heterocycles. The molecule has 1 aliphatic carbocycles. The van der Waals surface area contributed by atoms with Gasteiger partial charge in [0.2, 0.25) is 0 Å². The zero-order valence-corrected chi connectivity index (χ0v) is 11.8.